The van der Waals surface area contributed by atoms with Crippen molar-refractivity contribution < 1.29 is 0 Å². The summed E-state index contributed by atoms with van der Waals surface area (Å²) in [6.07, 6.45) is 1.72. The highest BCUT2D eigenvalue weighted by molar-refractivity contribution is 7.80. The van der Waals surface area contributed by atoms with Gasteiger partial charge in [0.1, 0.15) is 5.02 Å². The van der Waals surface area contributed by atoms with Crippen LogP contribution in [0.5, 0.6) is 0 Å². The predicted octanol–water partition coefficient (Wildman–Crippen LogP) is 6.01. The first-order chi connectivity index (χ1) is 12.4. The van der Waals surface area contributed by atoms with Crippen molar-refractivity contribution in [1.82, 2.24) is 9.78 Å². The van der Waals surface area contributed by atoms with Gasteiger partial charge in [-0.05, 0) is 48.5 Å². The molecule has 0 saturated heterocycles. The summed E-state index contributed by atoms with van der Waals surface area (Å²) < 4.78 is 1.71. The molecule has 8 heteroatoms. The van der Waals surface area contributed by atoms with Crippen molar-refractivity contribution in [2.75, 3.05) is 10.6 Å². The van der Waals surface area contributed by atoms with Crippen LogP contribution in [-0.4, -0.2) is 14.9 Å². The number of hydrogen-bond acceptors (Lipinski definition) is 2. The van der Waals surface area contributed by atoms with Gasteiger partial charge in [-0.2, -0.15) is 5.10 Å². The number of nitrogens with one attached hydrogen (secondary N) is 2. The zero-order chi connectivity index (χ0) is 18.7. The second-order valence-corrected chi connectivity index (χ2v) is 7.30. The minimum atomic E-state index is 0.418. The third kappa shape index (κ3) is 4.68. The molecule has 0 aliphatic heterocycles. The van der Waals surface area contributed by atoms with Gasteiger partial charge in [0, 0.05) is 11.9 Å². The Morgan fingerprint density at radius 2 is 1.81 bits per heavy atom. The Hall–Kier alpha value is -1.79. The van der Waals surface area contributed by atoms with Crippen molar-refractivity contribution in [3.05, 3.63) is 74.9 Å². The van der Waals surface area contributed by atoms with Crippen LogP contribution in [0.4, 0.5) is 11.5 Å². The molecule has 0 saturated carbocycles. The third-order valence-corrected chi connectivity index (χ3v) is 4.89. The maximum Gasteiger partial charge on any atom is 0.176 e. The molecule has 0 amide bonds. The molecule has 0 aliphatic carbocycles. The Labute approximate surface area is 172 Å². The van der Waals surface area contributed by atoms with Crippen LogP contribution in [-0.2, 0) is 6.54 Å². The summed E-state index contributed by atoms with van der Waals surface area (Å²) in [5.74, 6) is 0.484. The highest BCUT2D eigenvalue weighted by Crippen LogP contribution is 2.24. The van der Waals surface area contributed by atoms with Crippen LogP contribution in [0.3, 0.4) is 0 Å². The first kappa shape index (κ1) is 19.0. The second-order valence-electron chi connectivity index (χ2n) is 5.67. The van der Waals surface area contributed by atoms with Gasteiger partial charge in [-0.3, -0.25) is 4.68 Å². The monoisotopic (exact) mass is 424 g/mol. The number of benzene rings is 2. The molecule has 2 aromatic carbocycles. The fourth-order valence-electron chi connectivity index (χ4n) is 2.36. The average molecular weight is 426 g/mol. The Balaban J connectivity index is 1.68. The van der Waals surface area contributed by atoms with E-state index in [4.69, 9.17) is 47.0 Å². The van der Waals surface area contributed by atoms with Crippen LogP contribution in [0.2, 0.25) is 15.1 Å². The highest BCUT2D eigenvalue weighted by atomic mass is 35.5. The van der Waals surface area contributed by atoms with Crippen LogP contribution >= 0.6 is 47.0 Å². The summed E-state index contributed by atoms with van der Waals surface area (Å²) in [4.78, 5) is 0. The van der Waals surface area contributed by atoms with Crippen molar-refractivity contribution in [2.24, 2.45) is 0 Å². The van der Waals surface area contributed by atoms with E-state index in [1.54, 1.807) is 23.0 Å². The number of hydrogen-bond donors (Lipinski definition) is 2. The van der Waals surface area contributed by atoms with E-state index in [9.17, 15) is 0 Å². The zero-order valence-corrected chi connectivity index (χ0v) is 16.8. The molecule has 1 heterocycles. The molecule has 3 rings (SSSR count). The normalized spacial score (nSPS) is 10.6. The van der Waals surface area contributed by atoms with E-state index in [1.165, 1.54) is 0 Å². The lowest BCUT2D eigenvalue weighted by Gasteiger charge is -2.11. The molecule has 0 unspecified atom stereocenters. The fraction of sp³-hybridized carbons (Fsp3) is 0.111. The number of aryl methyl sites for hydroxylation is 1. The summed E-state index contributed by atoms with van der Waals surface area (Å²) in [5.41, 5.74) is 2.98. The van der Waals surface area contributed by atoms with E-state index in [1.807, 2.05) is 37.3 Å². The summed E-state index contributed by atoms with van der Waals surface area (Å²) in [6.45, 7) is 2.51. The van der Waals surface area contributed by atoms with E-state index in [2.05, 4.69) is 15.7 Å². The summed E-state index contributed by atoms with van der Waals surface area (Å²) in [5, 5.41) is 12.5. The summed E-state index contributed by atoms with van der Waals surface area (Å²) >= 11 is 23.6. The molecule has 0 spiro atoms. The van der Waals surface area contributed by atoms with E-state index >= 15 is 0 Å². The Morgan fingerprint density at radius 1 is 1.04 bits per heavy atom. The molecule has 26 heavy (non-hydrogen) atoms. The van der Waals surface area contributed by atoms with Crippen molar-refractivity contribution >= 4 is 63.6 Å². The van der Waals surface area contributed by atoms with Crippen molar-refractivity contribution in [1.29, 1.82) is 0 Å². The van der Waals surface area contributed by atoms with Gasteiger partial charge in [-0.1, -0.05) is 59.1 Å². The topological polar surface area (TPSA) is 41.9 Å². The van der Waals surface area contributed by atoms with E-state index in [-0.39, 0.29) is 0 Å². The molecule has 0 atom stereocenters. The predicted molar refractivity (Wildman–Crippen MR) is 114 cm³/mol. The summed E-state index contributed by atoms with van der Waals surface area (Å²) in [6, 6.07) is 13.3. The lowest BCUT2D eigenvalue weighted by molar-refractivity contribution is 0.690. The number of anilines is 2. The molecular formula is C18H15Cl3N4S. The zero-order valence-electron chi connectivity index (χ0n) is 13.8. The number of aromatic nitrogens is 2. The van der Waals surface area contributed by atoms with Crippen LogP contribution in [0, 0.1) is 6.92 Å². The van der Waals surface area contributed by atoms with Gasteiger partial charge < -0.3 is 10.6 Å². The maximum absolute atomic E-state index is 6.27. The van der Waals surface area contributed by atoms with Crippen molar-refractivity contribution in [3.63, 3.8) is 0 Å². The number of halogens is 3. The minimum absolute atomic E-state index is 0.418. The van der Waals surface area contributed by atoms with Crippen molar-refractivity contribution in [2.45, 2.75) is 13.5 Å². The fourth-order valence-corrected chi connectivity index (χ4v) is 3.09. The molecule has 0 radical (unpaired) electrons. The molecular weight excluding hydrogens is 411 g/mol. The van der Waals surface area contributed by atoms with Gasteiger partial charge in [0.05, 0.1) is 16.6 Å². The lowest BCUT2D eigenvalue weighted by atomic mass is 10.2. The van der Waals surface area contributed by atoms with Crippen LogP contribution < -0.4 is 10.6 Å². The smallest absolute Gasteiger partial charge is 0.176 e. The SMILES string of the molecule is Cc1ccccc1NC(=S)Nc1nn(Cc2ccc(Cl)c(Cl)c2)cc1Cl. The van der Waals surface area contributed by atoms with Gasteiger partial charge in [-0.15, -0.1) is 0 Å². The molecule has 0 bridgehead atoms. The number of para-hydroxylation sites is 1. The largest absolute Gasteiger partial charge is 0.332 e. The van der Waals surface area contributed by atoms with Crippen LogP contribution in [0.15, 0.2) is 48.7 Å². The molecule has 0 fully saturated rings. The van der Waals surface area contributed by atoms with Gasteiger partial charge in [-0.25, -0.2) is 0 Å². The van der Waals surface area contributed by atoms with Gasteiger partial charge in [0.15, 0.2) is 10.9 Å². The maximum atomic E-state index is 6.27. The number of thiocarbonyl (C=S) groups is 1. The Bertz CT molecular complexity index is 955. The molecule has 3 aromatic rings. The average Bonchev–Trinajstić information content (AvgIpc) is 2.92. The quantitative estimate of drug-likeness (QED) is 0.502. The van der Waals surface area contributed by atoms with Crippen molar-refractivity contribution in [3.8, 4) is 0 Å². The van der Waals surface area contributed by atoms with Gasteiger partial charge >= 0.3 is 0 Å². The van der Waals surface area contributed by atoms with Crippen LogP contribution in [0.1, 0.15) is 11.1 Å². The molecule has 134 valence electrons. The first-order valence-corrected chi connectivity index (χ1v) is 9.27. The van der Waals surface area contributed by atoms with E-state index in [0.29, 0.717) is 32.5 Å². The van der Waals surface area contributed by atoms with Gasteiger partial charge in [0.2, 0.25) is 0 Å². The molecule has 1 aromatic heterocycles. The number of rotatable bonds is 4. The first-order valence-electron chi connectivity index (χ1n) is 7.73. The minimum Gasteiger partial charge on any atom is -0.332 e. The van der Waals surface area contributed by atoms with Crippen LogP contribution in [0.25, 0.3) is 0 Å². The third-order valence-electron chi connectivity index (χ3n) is 3.67. The molecule has 2 N–H and O–H groups in total. The van der Waals surface area contributed by atoms with E-state index in [0.717, 1.165) is 16.8 Å². The Kier molecular flexibility index (Phi) is 6.04. The second kappa shape index (κ2) is 8.27. The number of nitrogens with zero attached hydrogens (tertiary/aromatic N) is 2. The van der Waals surface area contributed by atoms with E-state index < -0.39 is 0 Å². The van der Waals surface area contributed by atoms with Gasteiger partial charge in [0.25, 0.3) is 0 Å². The standard InChI is InChI=1S/C18H15Cl3N4S/c1-11-4-2-3-5-16(11)22-18(26)23-17-15(21)10-25(24-17)9-12-6-7-13(19)14(20)8-12/h2-8,10H,9H2,1H3,(H2,22,23,24,26). The lowest BCUT2D eigenvalue weighted by Crippen LogP contribution is -2.20. The summed E-state index contributed by atoms with van der Waals surface area (Å²) in [7, 11) is 0. The highest BCUT2D eigenvalue weighted by Gasteiger charge is 2.10. The molecule has 4 nitrogen and oxygen atoms in total. The molecule has 0 aliphatic rings. The Morgan fingerprint density at radius 3 is 2.54 bits per heavy atom.